The fraction of sp³-hybridized carbons (Fsp3) is 0.440. The number of hydrogen-bond acceptors (Lipinski definition) is 5. The molecule has 0 aliphatic heterocycles. The molecule has 1 aromatic carbocycles. The first-order valence-corrected chi connectivity index (χ1v) is 10.9. The van der Waals surface area contributed by atoms with Gasteiger partial charge in [-0.05, 0) is 37.4 Å². The number of nitrogens with zero attached hydrogens (tertiary/aromatic N) is 1. The third-order valence-electron chi connectivity index (χ3n) is 5.89. The van der Waals surface area contributed by atoms with Crippen LogP contribution in [0.25, 0.3) is 6.08 Å². The summed E-state index contributed by atoms with van der Waals surface area (Å²) >= 11 is 0. The monoisotopic (exact) mass is 423 g/mol. The molecule has 0 saturated carbocycles. The van der Waals surface area contributed by atoms with Crippen molar-refractivity contribution < 1.29 is 19.4 Å². The van der Waals surface area contributed by atoms with E-state index in [9.17, 15) is 14.7 Å². The molecule has 0 unspecified atom stereocenters. The largest absolute Gasteiger partial charge is 0.664 e. The number of aromatic nitrogens is 1. The van der Waals surface area contributed by atoms with Gasteiger partial charge in [-0.25, -0.2) is 0 Å². The van der Waals surface area contributed by atoms with Crippen LogP contribution in [0.4, 0.5) is 0 Å². The summed E-state index contributed by atoms with van der Waals surface area (Å²) in [5, 5.41) is 13.2. The number of methoxy groups -OCH3 is 1. The first kappa shape index (κ1) is 22.8. The second-order valence-electron chi connectivity index (χ2n) is 8.08. The molecule has 2 aromatic rings. The summed E-state index contributed by atoms with van der Waals surface area (Å²) in [4.78, 5) is 29.9. The summed E-state index contributed by atoms with van der Waals surface area (Å²) in [6.07, 6.45) is 8.18. The molecular weight excluding hydrogens is 392 g/mol. The normalized spacial score (nSPS) is 17.4. The van der Waals surface area contributed by atoms with E-state index in [-0.39, 0.29) is 42.0 Å². The minimum Gasteiger partial charge on any atom is -0.664 e. The number of benzene rings is 1. The Morgan fingerprint density at radius 3 is 2.81 bits per heavy atom. The van der Waals surface area contributed by atoms with Crippen molar-refractivity contribution in [2.75, 3.05) is 14.2 Å². The highest BCUT2D eigenvalue weighted by molar-refractivity contribution is 6.01. The molecule has 31 heavy (non-hydrogen) atoms. The van der Waals surface area contributed by atoms with Crippen molar-refractivity contribution in [3.63, 3.8) is 0 Å². The molecule has 2 N–H and O–H groups in total. The Hall–Kier alpha value is -2.86. The lowest BCUT2D eigenvalue weighted by atomic mass is 9.76. The number of phenolic OH excluding ortho intramolecular Hbond substituents is 1. The molecule has 0 bridgehead atoms. The van der Waals surface area contributed by atoms with Gasteiger partial charge >= 0.3 is 0 Å². The maximum absolute atomic E-state index is 13.0. The van der Waals surface area contributed by atoms with Gasteiger partial charge in [0, 0.05) is 24.4 Å². The fourth-order valence-corrected chi connectivity index (χ4v) is 4.35. The van der Waals surface area contributed by atoms with E-state index in [4.69, 9.17) is 4.74 Å². The number of allylic oxidation sites excluding steroid dienone is 1. The zero-order valence-corrected chi connectivity index (χ0v) is 18.5. The van der Waals surface area contributed by atoms with Gasteiger partial charge in [0.1, 0.15) is 11.6 Å². The second kappa shape index (κ2) is 10.4. The van der Waals surface area contributed by atoms with Crippen molar-refractivity contribution in [1.82, 2.24) is 10.3 Å². The lowest BCUT2D eigenvalue weighted by Gasteiger charge is -2.29. The number of rotatable bonds is 11. The number of fused-ring (bicyclic) bond motifs is 1. The molecule has 0 spiro atoms. The van der Waals surface area contributed by atoms with E-state index >= 15 is 0 Å². The Bertz CT molecular complexity index is 960. The third kappa shape index (κ3) is 5.25. The Morgan fingerprint density at radius 1 is 1.29 bits per heavy atom. The maximum Gasteiger partial charge on any atom is 0.162 e. The van der Waals surface area contributed by atoms with Crippen LogP contribution in [0.1, 0.15) is 60.9 Å². The van der Waals surface area contributed by atoms with E-state index in [1.54, 1.807) is 19.3 Å². The van der Waals surface area contributed by atoms with Crippen LogP contribution in [-0.4, -0.2) is 30.8 Å². The lowest BCUT2D eigenvalue weighted by molar-refractivity contribution is -0.128. The molecule has 0 fully saturated rings. The summed E-state index contributed by atoms with van der Waals surface area (Å²) in [5.41, 5.74) is 3.67. The molecule has 2 atom stereocenters. The number of Topliss-reactive ketones (excluding diaryl/α,β-unsaturated/α-hetero) is 2. The summed E-state index contributed by atoms with van der Waals surface area (Å²) in [6, 6.07) is 5.60. The van der Waals surface area contributed by atoms with Crippen molar-refractivity contribution in [2.24, 2.45) is 5.92 Å². The predicted molar refractivity (Wildman–Crippen MR) is 120 cm³/mol. The van der Waals surface area contributed by atoms with Crippen molar-refractivity contribution >= 4 is 17.6 Å². The van der Waals surface area contributed by atoms with Crippen LogP contribution in [-0.2, 0) is 22.6 Å². The lowest BCUT2D eigenvalue weighted by Crippen LogP contribution is -2.25. The van der Waals surface area contributed by atoms with Gasteiger partial charge in [0.2, 0.25) is 0 Å². The minimum absolute atomic E-state index is 0.0225. The molecule has 166 valence electrons. The van der Waals surface area contributed by atoms with Crippen LogP contribution in [0.15, 0.2) is 30.5 Å². The highest BCUT2D eigenvalue weighted by atomic mass is 16.5. The summed E-state index contributed by atoms with van der Waals surface area (Å²) in [6.45, 7) is 2.60. The van der Waals surface area contributed by atoms with Crippen molar-refractivity contribution in [1.29, 1.82) is 0 Å². The molecule has 1 aliphatic rings. The SMILES string of the molecule is CCC[C@@H]1c2cc[n-]c2C=C[C@H]1C(=O)CC(=O)CCc1cc(CNC)c(O)c(OC)c1. The number of nitrogens with one attached hydrogen (secondary N) is 1. The number of aromatic hydroxyl groups is 1. The van der Waals surface area contributed by atoms with E-state index in [0.717, 1.165) is 29.7 Å². The Labute approximate surface area is 183 Å². The molecule has 3 rings (SSSR count). The topological polar surface area (TPSA) is 89.7 Å². The van der Waals surface area contributed by atoms with E-state index in [0.29, 0.717) is 24.3 Å². The van der Waals surface area contributed by atoms with Gasteiger partial charge in [0.15, 0.2) is 11.5 Å². The Balaban J connectivity index is 1.63. The molecule has 6 nitrogen and oxygen atoms in total. The number of carbonyl (C=O) groups excluding carboxylic acids is 2. The van der Waals surface area contributed by atoms with Gasteiger partial charge in [-0.15, -0.1) is 5.69 Å². The van der Waals surface area contributed by atoms with Gasteiger partial charge in [0.25, 0.3) is 0 Å². The van der Waals surface area contributed by atoms with E-state index in [1.807, 2.05) is 24.3 Å². The molecule has 0 radical (unpaired) electrons. The van der Waals surface area contributed by atoms with Gasteiger partial charge in [-0.2, -0.15) is 6.20 Å². The van der Waals surface area contributed by atoms with Gasteiger partial charge in [0.05, 0.1) is 13.5 Å². The summed E-state index contributed by atoms with van der Waals surface area (Å²) in [5.74, 6) is 0.234. The highest BCUT2D eigenvalue weighted by Gasteiger charge is 2.30. The highest BCUT2D eigenvalue weighted by Crippen LogP contribution is 2.38. The van der Waals surface area contributed by atoms with Crippen molar-refractivity contribution in [3.05, 3.63) is 52.9 Å². The molecule has 1 heterocycles. The fourth-order valence-electron chi connectivity index (χ4n) is 4.35. The molecule has 1 aliphatic carbocycles. The van der Waals surface area contributed by atoms with Crippen LogP contribution < -0.4 is 15.0 Å². The smallest absolute Gasteiger partial charge is 0.162 e. The predicted octanol–water partition coefficient (Wildman–Crippen LogP) is 3.77. The average Bonchev–Trinajstić information content (AvgIpc) is 3.24. The minimum atomic E-state index is -0.267. The van der Waals surface area contributed by atoms with Crippen molar-refractivity contribution in [3.8, 4) is 11.5 Å². The first-order valence-electron chi connectivity index (χ1n) is 10.9. The van der Waals surface area contributed by atoms with Gasteiger partial charge in [-0.1, -0.05) is 43.2 Å². The first-order chi connectivity index (χ1) is 15.0. The van der Waals surface area contributed by atoms with Crippen LogP contribution in [0.2, 0.25) is 0 Å². The third-order valence-corrected chi connectivity index (χ3v) is 5.89. The second-order valence-corrected chi connectivity index (χ2v) is 8.08. The Kier molecular flexibility index (Phi) is 7.69. The zero-order valence-electron chi connectivity index (χ0n) is 18.5. The van der Waals surface area contributed by atoms with Crippen LogP contribution in [0.5, 0.6) is 11.5 Å². The van der Waals surface area contributed by atoms with Crippen LogP contribution >= 0.6 is 0 Å². The van der Waals surface area contributed by atoms with Gasteiger partial charge < -0.3 is 20.1 Å². The maximum atomic E-state index is 13.0. The van der Waals surface area contributed by atoms with Gasteiger partial charge in [-0.3, -0.25) is 9.59 Å². The summed E-state index contributed by atoms with van der Waals surface area (Å²) < 4.78 is 5.25. The molecule has 1 aromatic heterocycles. The molecule has 0 saturated heterocycles. The molecule has 0 amide bonds. The van der Waals surface area contributed by atoms with Crippen molar-refractivity contribution in [2.45, 2.75) is 51.5 Å². The van der Waals surface area contributed by atoms with Crippen LogP contribution in [0, 0.1) is 5.92 Å². The van der Waals surface area contributed by atoms with E-state index < -0.39 is 0 Å². The number of ketones is 2. The van der Waals surface area contributed by atoms with Crippen LogP contribution in [0.3, 0.4) is 0 Å². The standard InChI is InChI=1S/C25H31N2O4/c1-4-5-19-20-10-11-27-22(20)9-8-21(19)23(29)14-18(28)7-6-16-12-17(15-26-2)25(30)24(13-16)31-3/h8-13,19,21,26,30H,4-7,14-15H2,1-3H3/q-1/t19-,21-/m1/s1. The average molecular weight is 424 g/mol. The quantitative estimate of drug-likeness (QED) is 0.535. The number of carbonyl (C=O) groups is 2. The summed E-state index contributed by atoms with van der Waals surface area (Å²) in [7, 11) is 3.30. The number of hydrogen-bond donors (Lipinski definition) is 2. The molecule has 6 heteroatoms. The Morgan fingerprint density at radius 2 is 2.10 bits per heavy atom. The number of phenols is 1. The zero-order chi connectivity index (χ0) is 22.4. The number of aryl methyl sites for hydroxylation is 1. The van der Waals surface area contributed by atoms with E-state index in [2.05, 4.69) is 17.2 Å². The molecular formula is C25H31N2O4-. The number of ether oxygens (including phenoxy) is 1. The van der Waals surface area contributed by atoms with E-state index in [1.165, 1.54) is 7.11 Å².